The predicted octanol–water partition coefficient (Wildman–Crippen LogP) is 4.66. The lowest BCUT2D eigenvalue weighted by Gasteiger charge is -2.39. The first-order valence-electron chi connectivity index (χ1n) is 9.63. The summed E-state index contributed by atoms with van der Waals surface area (Å²) in [6.07, 6.45) is 2.90. The van der Waals surface area contributed by atoms with Gasteiger partial charge in [0.1, 0.15) is 0 Å². The Labute approximate surface area is 171 Å². The van der Waals surface area contributed by atoms with E-state index in [4.69, 9.17) is 0 Å². The van der Waals surface area contributed by atoms with Gasteiger partial charge in [0.15, 0.2) is 11.5 Å². The van der Waals surface area contributed by atoms with Crippen LogP contribution in [0.5, 0.6) is 11.5 Å². The Hall–Kier alpha value is -2.49. The molecule has 3 aromatic carbocycles. The maximum atomic E-state index is 10.1. The Kier molecular flexibility index (Phi) is 5.05. The monoisotopic (exact) mass is 393 g/mol. The Balaban J connectivity index is 0.00000192. The fourth-order valence-electron chi connectivity index (χ4n) is 4.72. The third-order valence-electron chi connectivity index (χ3n) is 6.05. The first kappa shape index (κ1) is 18.9. The Morgan fingerprint density at radius 3 is 2.39 bits per heavy atom. The van der Waals surface area contributed by atoms with Crippen molar-refractivity contribution < 1.29 is 10.2 Å². The molecule has 0 fully saturated rings. The van der Waals surface area contributed by atoms with Crippen molar-refractivity contribution in [1.82, 2.24) is 5.32 Å². The minimum absolute atomic E-state index is 0. The van der Waals surface area contributed by atoms with E-state index in [9.17, 15) is 10.2 Å². The quantitative estimate of drug-likeness (QED) is 0.555. The largest absolute Gasteiger partial charge is 0.504 e. The molecular formula is C24H24ClNO2. The van der Waals surface area contributed by atoms with Crippen molar-refractivity contribution in [2.75, 3.05) is 0 Å². The molecule has 2 aliphatic rings. The van der Waals surface area contributed by atoms with Gasteiger partial charge in [-0.2, -0.15) is 0 Å². The highest BCUT2D eigenvalue weighted by molar-refractivity contribution is 5.85. The van der Waals surface area contributed by atoms with Crippen LogP contribution in [-0.4, -0.2) is 16.3 Å². The maximum absolute atomic E-state index is 10.1. The lowest BCUT2D eigenvalue weighted by Crippen LogP contribution is -2.42. The standard InChI is InChI=1S/C24H23NO2.ClH/c26-22-12-17-8-9-21-24(20(17)13-23(22)27)19-11-16(6-7-18(19)14-25-21)10-15-4-2-1-3-5-15;/h1-7,11-13,21,24-27H,8-10,14H2;1H. The highest BCUT2D eigenvalue weighted by Gasteiger charge is 2.35. The molecule has 28 heavy (non-hydrogen) atoms. The first-order valence-corrected chi connectivity index (χ1v) is 9.63. The third-order valence-corrected chi connectivity index (χ3v) is 6.05. The molecule has 5 rings (SSSR count). The van der Waals surface area contributed by atoms with Crippen LogP contribution in [-0.2, 0) is 19.4 Å². The van der Waals surface area contributed by atoms with Crippen molar-refractivity contribution in [2.45, 2.75) is 37.8 Å². The zero-order valence-corrected chi connectivity index (χ0v) is 16.4. The van der Waals surface area contributed by atoms with Crippen molar-refractivity contribution in [2.24, 2.45) is 0 Å². The molecule has 144 valence electrons. The molecule has 0 bridgehead atoms. The van der Waals surface area contributed by atoms with Crippen molar-refractivity contribution in [3.8, 4) is 11.5 Å². The van der Waals surface area contributed by atoms with Gasteiger partial charge in [0.2, 0.25) is 0 Å². The molecule has 3 nitrogen and oxygen atoms in total. The summed E-state index contributed by atoms with van der Waals surface area (Å²) in [7, 11) is 0. The summed E-state index contributed by atoms with van der Waals surface area (Å²) in [5, 5.41) is 23.7. The van der Waals surface area contributed by atoms with Crippen LogP contribution in [0.1, 0.15) is 45.7 Å². The van der Waals surface area contributed by atoms with E-state index in [0.717, 1.165) is 36.9 Å². The van der Waals surface area contributed by atoms with Crippen LogP contribution in [0, 0.1) is 0 Å². The summed E-state index contributed by atoms with van der Waals surface area (Å²) in [5.41, 5.74) is 7.61. The van der Waals surface area contributed by atoms with Crippen LogP contribution in [0.25, 0.3) is 0 Å². The number of benzene rings is 3. The number of phenols is 2. The van der Waals surface area contributed by atoms with Gasteiger partial charge < -0.3 is 15.5 Å². The molecule has 1 aliphatic heterocycles. The van der Waals surface area contributed by atoms with Gasteiger partial charge in [-0.15, -0.1) is 12.4 Å². The van der Waals surface area contributed by atoms with Crippen molar-refractivity contribution >= 4 is 12.4 Å². The van der Waals surface area contributed by atoms with Gasteiger partial charge in [0, 0.05) is 18.5 Å². The Morgan fingerprint density at radius 1 is 0.821 bits per heavy atom. The van der Waals surface area contributed by atoms with Crippen LogP contribution >= 0.6 is 12.4 Å². The highest BCUT2D eigenvalue weighted by Crippen LogP contribution is 2.44. The summed E-state index contributed by atoms with van der Waals surface area (Å²) >= 11 is 0. The maximum Gasteiger partial charge on any atom is 0.157 e. The molecule has 2 atom stereocenters. The molecule has 0 aromatic heterocycles. The lowest BCUT2D eigenvalue weighted by molar-refractivity contribution is 0.380. The second kappa shape index (κ2) is 7.50. The summed E-state index contributed by atoms with van der Waals surface area (Å²) in [6.45, 7) is 0.890. The van der Waals surface area contributed by atoms with Crippen LogP contribution < -0.4 is 5.32 Å². The summed E-state index contributed by atoms with van der Waals surface area (Å²) in [5.74, 6) is 0.177. The molecule has 0 saturated heterocycles. The molecule has 0 amide bonds. The number of fused-ring (bicyclic) bond motifs is 5. The van der Waals surface area contributed by atoms with E-state index in [2.05, 4.69) is 47.8 Å². The lowest BCUT2D eigenvalue weighted by atomic mass is 9.72. The van der Waals surface area contributed by atoms with E-state index >= 15 is 0 Å². The molecule has 4 heteroatoms. The predicted molar refractivity (Wildman–Crippen MR) is 114 cm³/mol. The minimum atomic E-state index is -0.0260. The first-order chi connectivity index (χ1) is 13.2. The number of halogens is 1. The number of rotatable bonds is 2. The van der Waals surface area contributed by atoms with Crippen LogP contribution in [0.3, 0.4) is 0 Å². The number of hydrogen-bond donors (Lipinski definition) is 3. The number of aromatic hydroxyl groups is 2. The molecule has 2 unspecified atom stereocenters. The van der Waals surface area contributed by atoms with Crippen molar-refractivity contribution in [3.05, 3.63) is 94.0 Å². The SMILES string of the molecule is Cl.Oc1cc2c(cc1O)C1c3cc(Cc4ccccc4)ccc3CNC1CC2. The number of hydrogen-bond acceptors (Lipinski definition) is 3. The van der Waals surface area contributed by atoms with E-state index in [0.29, 0.717) is 6.04 Å². The van der Waals surface area contributed by atoms with E-state index in [1.54, 1.807) is 12.1 Å². The van der Waals surface area contributed by atoms with E-state index < -0.39 is 0 Å². The normalized spacial score (nSPS) is 19.7. The van der Waals surface area contributed by atoms with Crippen molar-refractivity contribution in [3.63, 3.8) is 0 Å². The molecule has 3 N–H and O–H groups in total. The van der Waals surface area contributed by atoms with E-state index in [-0.39, 0.29) is 29.8 Å². The smallest absolute Gasteiger partial charge is 0.157 e. The van der Waals surface area contributed by atoms with Gasteiger partial charge >= 0.3 is 0 Å². The van der Waals surface area contributed by atoms with Crippen LogP contribution in [0.4, 0.5) is 0 Å². The van der Waals surface area contributed by atoms with Gasteiger partial charge in [-0.3, -0.25) is 0 Å². The number of aryl methyl sites for hydroxylation is 1. The molecular weight excluding hydrogens is 370 g/mol. The second-order valence-corrected chi connectivity index (χ2v) is 7.74. The second-order valence-electron chi connectivity index (χ2n) is 7.74. The molecule has 0 spiro atoms. The van der Waals surface area contributed by atoms with Gasteiger partial charge in [0.05, 0.1) is 0 Å². The van der Waals surface area contributed by atoms with E-state index in [1.165, 1.54) is 22.3 Å². The average molecular weight is 394 g/mol. The fourth-order valence-corrected chi connectivity index (χ4v) is 4.72. The molecule has 0 saturated carbocycles. The fraction of sp³-hybridized carbons (Fsp3) is 0.250. The number of phenolic OH excluding ortho intramolecular Hbond substituents is 2. The van der Waals surface area contributed by atoms with Crippen molar-refractivity contribution in [1.29, 1.82) is 0 Å². The van der Waals surface area contributed by atoms with E-state index in [1.807, 2.05) is 6.07 Å². The zero-order valence-electron chi connectivity index (χ0n) is 15.6. The Bertz CT molecular complexity index is 1000. The molecule has 1 aliphatic carbocycles. The molecule has 0 radical (unpaired) electrons. The Morgan fingerprint density at radius 2 is 1.57 bits per heavy atom. The zero-order chi connectivity index (χ0) is 18.4. The minimum Gasteiger partial charge on any atom is -0.504 e. The van der Waals surface area contributed by atoms with Gasteiger partial charge in [-0.05, 0) is 64.8 Å². The van der Waals surface area contributed by atoms with Crippen LogP contribution in [0.2, 0.25) is 0 Å². The van der Waals surface area contributed by atoms with Gasteiger partial charge in [-0.25, -0.2) is 0 Å². The summed E-state index contributed by atoms with van der Waals surface area (Å²) in [4.78, 5) is 0. The molecule has 1 heterocycles. The number of nitrogens with one attached hydrogen (secondary N) is 1. The molecule has 3 aromatic rings. The summed E-state index contributed by atoms with van der Waals surface area (Å²) < 4.78 is 0. The van der Waals surface area contributed by atoms with Gasteiger partial charge in [-0.1, -0.05) is 48.5 Å². The highest BCUT2D eigenvalue weighted by atomic mass is 35.5. The average Bonchev–Trinajstić information content (AvgIpc) is 2.69. The van der Waals surface area contributed by atoms with Gasteiger partial charge in [0.25, 0.3) is 0 Å². The van der Waals surface area contributed by atoms with Crippen LogP contribution in [0.15, 0.2) is 60.7 Å². The summed E-state index contributed by atoms with van der Waals surface area (Å²) in [6, 6.07) is 21.2. The third kappa shape index (κ3) is 3.25. The topological polar surface area (TPSA) is 52.5 Å².